The predicted molar refractivity (Wildman–Crippen MR) is 130 cm³/mol. The molecule has 1 aliphatic carbocycles. The largest absolute Gasteiger partial charge is 0.416 e. The van der Waals surface area contributed by atoms with Crippen molar-refractivity contribution in [3.05, 3.63) is 99.6 Å². The third kappa shape index (κ3) is 5.98. The summed E-state index contributed by atoms with van der Waals surface area (Å²) in [5.41, 5.74) is -0.912. The summed E-state index contributed by atoms with van der Waals surface area (Å²) in [4.78, 5) is 17.6. The van der Waals surface area contributed by atoms with Crippen LogP contribution in [0, 0.1) is 12.7 Å². The lowest BCUT2D eigenvalue weighted by molar-refractivity contribution is -0.137. The molecule has 9 heteroatoms. The van der Waals surface area contributed by atoms with Crippen LogP contribution in [0.15, 0.2) is 60.8 Å². The van der Waals surface area contributed by atoms with E-state index in [1.54, 1.807) is 0 Å². The first-order valence-electron chi connectivity index (χ1n) is 11.7. The summed E-state index contributed by atoms with van der Waals surface area (Å²) in [6, 6.07) is 12.1. The number of urea groups is 1. The Labute approximate surface area is 212 Å². The number of carbonyl (C=O) groups excluding carboxylic acids is 1. The fourth-order valence-corrected chi connectivity index (χ4v) is 4.76. The van der Waals surface area contributed by atoms with Gasteiger partial charge in [-0.1, -0.05) is 54.3 Å². The molecule has 1 saturated carbocycles. The van der Waals surface area contributed by atoms with E-state index in [0.717, 1.165) is 48.9 Å². The molecule has 1 fully saturated rings. The monoisotopic (exact) mass is 519 g/mol. The van der Waals surface area contributed by atoms with Gasteiger partial charge in [0, 0.05) is 18.7 Å². The SMILES string of the molecule is Cc1ccc(C[C@@](NC(=O)NC2CCCC2)(c2cc(F)cc(C(F)(F)F)c2)c2ccc(Cl)cn2)cc1. The predicted octanol–water partition coefficient (Wildman–Crippen LogP) is 6.93. The zero-order valence-corrected chi connectivity index (χ0v) is 20.4. The zero-order valence-electron chi connectivity index (χ0n) is 19.6. The van der Waals surface area contributed by atoms with Crippen LogP contribution in [0.25, 0.3) is 0 Å². The number of halogens is 5. The number of nitrogens with zero attached hydrogens (tertiary/aromatic N) is 1. The van der Waals surface area contributed by atoms with Crippen LogP contribution in [0.1, 0.15) is 53.6 Å². The lowest BCUT2D eigenvalue weighted by Gasteiger charge is -2.36. The van der Waals surface area contributed by atoms with Gasteiger partial charge in [0.05, 0.1) is 16.3 Å². The van der Waals surface area contributed by atoms with Gasteiger partial charge in [0.25, 0.3) is 0 Å². The highest BCUT2D eigenvalue weighted by Crippen LogP contribution is 2.38. The van der Waals surface area contributed by atoms with Crippen LogP contribution >= 0.6 is 11.6 Å². The van der Waals surface area contributed by atoms with Crippen molar-refractivity contribution in [2.45, 2.75) is 56.8 Å². The highest BCUT2D eigenvalue weighted by molar-refractivity contribution is 6.30. The number of rotatable bonds is 6. The lowest BCUT2D eigenvalue weighted by Crippen LogP contribution is -2.54. The molecule has 1 aliphatic rings. The number of hydrogen-bond acceptors (Lipinski definition) is 2. The standard InChI is InChI=1S/C27H26ClF4N3O/c1-17-6-8-18(9-7-17)15-26(24-11-10-21(28)16-33-24,35-25(36)34-23-4-2-3-5-23)19-12-20(27(30,31)32)14-22(29)13-19/h6-14,16,23H,2-5,15H2,1H3,(H2,34,35,36)/t26-/m1/s1. The molecule has 4 nitrogen and oxygen atoms in total. The van der Waals surface area contributed by atoms with Gasteiger partial charge in [-0.25, -0.2) is 9.18 Å². The molecule has 36 heavy (non-hydrogen) atoms. The highest BCUT2D eigenvalue weighted by atomic mass is 35.5. The average molecular weight is 520 g/mol. The number of pyridine rings is 1. The molecule has 1 atom stereocenters. The van der Waals surface area contributed by atoms with E-state index in [2.05, 4.69) is 15.6 Å². The van der Waals surface area contributed by atoms with E-state index >= 15 is 0 Å². The first-order chi connectivity index (χ1) is 17.0. The van der Waals surface area contributed by atoms with E-state index in [1.807, 2.05) is 31.2 Å². The van der Waals surface area contributed by atoms with Crippen LogP contribution in [0.3, 0.4) is 0 Å². The fourth-order valence-electron chi connectivity index (χ4n) is 4.65. The summed E-state index contributed by atoms with van der Waals surface area (Å²) in [6.07, 6.45) is 0.188. The van der Waals surface area contributed by atoms with Crippen LogP contribution < -0.4 is 10.6 Å². The molecule has 2 aromatic carbocycles. The molecule has 190 valence electrons. The fraction of sp³-hybridized carbons (Fsp3) is 0.333. The van der Waals surface area contributed by atoms with Crippen molar-refractivity contribution >= 4 is 17.6 Å². The molecule has 4 rings (SSSR count). The van der Waals surface area contributed by atoms with Gasteiger partial charge in [-0.2, -0.15) is 13.2 Å². The minimum atomic E-state index is -4.79. The molecule has 0 radical (unpaired) electrons. The minimum Gasteiger partial charge on any atom is -0.335 e. The van der Waals surface area contributed by atoms with Gasteiger partial charge >= 0.3 is 12.2 Å². The highest BCUT2D eigenvalue weighted by Gasteiger charge is 2.41. The lowest BCUT2D eigenvalue weighted by atomic mass is 9.79. The Morgan fingerprint density at radius 2 is 1.69 bits per heavy atom. The van der Waals surface area contributed by atoms with Crippen molar-refractivity contribution in [1.29, 1.82) is 0 Å². The van der Waals surface area contributed by atoms with Gasteiger partial charge in [0.1, 0.15) is 11.4 Å². The summed E-state index contributed by atoms with van der Waals surface area (Å²) in [5.74, 6) is -1.07. The Morgan fingerprint density at radius 1 is 1.03 bits per heavy atom. The van der Waals surface area contributed by atoms with Gasteiger partial charge in [0.15, 0.2) is 0 Å². The number of aryl methyl sites for hydroxylation is 1. The number of benzene rings is 2. The van der Waals surface area contributed by atoms with Crippen molar-refractivity contribution in [2.75, 3.05) is 0 Å². The summed E-state index contributed by atoms with van der Waals surface area (Å²) in [6.45, 7) is 1.91. The van der Waals surface area contributed by atoms with Crippen molar-refractivity contribution < 1.29 is 22.4 Å². The number of aromatic nitrogens is 1. The van der Waals surface area contributed by atoms with Crippen LogP contribution in [0.4, 0.5) is 22.4 Å². The first kappa shape index (κ1) is 25.9. The molecular weight excluding hydrogens is 494 g/mol. The Bertz CT molecular complexity index is 1210. The molecule has 2 amide bonds. The maximum absolute atomic E-state index is 14.7. The second-order valence-electron chi connectivity index (χ2n) is 9.24. The number of amides is 2. The summed E-state index contributed by atoms with van der Waals surface area (Å²) < 4.78 is 55.7. The van der Waals surface area contributed by atoms with Crippen molar-refractivity contribution in [2.24, 2.45) is 0 Å². The van der Waals surface area contributed by atoms with Crippen molar-refractivity contribution in [3.63, 3.8) is 0 Å². The third-order valence-corrected chi connectivity index (χ3v) is 6.71. The topological polar surface area (TPSA) is 54.0 Å². The van der Waals surface area contributed by atoms with E-state index in [-0.39, 0.29) is 23.7 Å². The van der Waals surface area contributed by atoms with E-state index in [9.17, 15) is 22.4 Å². The van der Waals surface area contributed by atoms with Crippen molar-refractivity contribution in [3.8, 4) is 0 Å². The van der Waals surface area contributed by atoms with Gasteiger partial charge in [-0.3, -0.25) is 4.98 Å². The van der Waals surface area contributed by atoms with Crippen LogP contribution in [-0.4, -0.2) is 17.1 Å². The maximum atomic E-state index is 14.7. The smallest absolute Gasteiger partial charge is 0.335 e. The summed E-state index contributed by atoms with van der Waals surface area (Å²) in [5, 5.41) is 6.12. The Morgan fingerprint density at radius 3 is 2.31 bits per heavy atom. The van der Waals surface area contributed by atoms with Gasteiger partial charge in [-0.05, 0) is 61.2 Å². The van der Waals surface area contributed by atoms with Gasteiger partial charge in [0.2, 0.25) is 0 Å². The number of nitrogens with one attached hydrogen (secondary N) is 2. The minimum absolute atomic E-state index is 0.0285. The molecule has 0 aliphatic heterocycles. The van der Waals surface area contributed by atoms with E-state index < -0.39 is 29.1 Å². The second-order valence-corrected chi connectivity index (χ2v) is 9.67. The zero-order chi connectivity index (χ0) is 25.9. The van der Waals surface area contributed by atoms with Gasteiger partial charge in [-0.15, -0.1) is 0 Å². The van der Waals surface area contributed by atoms with Crippen LogP contribution in [0.5, 0.6) is 0 Å². The van der Waals surface area contributed by atoms with Gasteiger partial charge < -0.3 is 10.6 Å². The summed E-state index contributed by atoms with van der Waals surface area (Å²) >= 11 is 6.04. The van der Waals surface area contributed by atoms with Crippen LogP contribution in [-0.2, 0) is 18.1 Å². The quantitative estimate of drug-likeness (QED) is 0.347. The molecule has 2 N–H and O–H groups in total. The normalized spacial score (nSPS) is 15.9. The third-order valence-electron chi connectivity index (χ3n) is 6.49. The first-order valence-corrected chi connectivity index (χ1v) is 12.1. The Balaban J connectivity index is 1.89. The van der Waals surface area contributed by atoms with E-state index in [1.165, 1.54) is 18.3 Å². The number of hydrogen-bond donors (Lipinski definition) is 2. The Hall–Kier alpha value is -3.13. The van der Waals surface area contributed by atoms with E-state index in [4.69, 9.17) is 11.6 Å². The molecular formula is C27H26ClF4N3O. The van der Waals surface area contributed by atoms with E-state index in [0.29, 0.717) is 11.1 Å². The second kappa shape index (κ2) is 10.5. The molecule has 0 saturated heterocycles. The molecule has 0 unspecified atom stereocenters. The average Bonchev–Trinajstić information content (AvgIpc) is 3.32. The molecule has 3 aromatic rings. The number of alkyl halides is 3. The number of carbonyl (C=O) groups is 1. The Kier molecular flexibility index (Phi) is 7.54. The summed E-state index contributed by atoms with van der Waals surface area (Å²) in [7, 11) is 0. The molecule has 0 bridgehead atoms. The van der Waals surface area contributed by atoms with Crippen LogP contribution in [0.2, 0.25) is 5.02 Å². The molecule has 0 spiro atoms. The maximum Gasteiger partial charge on any atom is 0.416 e. The van der Waals surface area contributed by atoms with Crippen molar-refractivity contribution in [1.82, 2.24) is 15.6 Å². The molecule has 1 aromatic heterocycles. The molecule has 1 heterocycles.